The van der Waals surface area contributed by atoms with Crippen molar-refractivity contribution >= 4 is 27.6 Å². The number of rotatable bonds is 5. The molecule has 1 fully saturated rings. The molecule has 10 heteroatoms. The van der Waals surface area contributed by atoms with E-state index in [1.54, 1.807) is 13.8 Å². The largest absolute Gasteiger partial charge is 0.459 e. The van der Waals surface area contributed by atoms with Gasteiger partial charge in [-0.15, -0.1) is 0 Å². The van der Waals surface area contributed by atoms with Crippen LogP contribution in [0.4, 0.5) is 0 Å². The standard InChI is InChI=1S/C17H19ClN2O6S/c1-10-15(11(2)26-19-10)9-25-17(22)16-7-13(21)8-20(16)27(23,24)14-5-3-12(18)4-6-14/h3-6,13,16,21H,7-9H2,1-2H3/t13-,16+/m1/s1. The average Bonchev–Trinajstić information content (AvgIpc) is 3.16. The fourth-order valence-corrected chi connectivity index (χ4v) is 4.71. The Morgan fingerprint density at radius 1 is 1.37 bits per heavy atom. The summed E-state index contributed by atoms with van der Waals surface area (Å²) in [5.74, 6) is -0.207. The van der Waals surface area contributed by atoms with Crippen LogP contribution in [0.2, 0.25) is 5.02 Å². The van der Waals surface area contributed by atoms with Crippen molar-refractivity contribution in [1.29, 1.82) is 0 Å². The molecule has 0 unspecified atom stereocenters. The molecule has 8 nitrogen and oxygen atoms in total. The van der Waals surface area contributed by atoms with E-state index in [0.29, 0.717) is 22.0 Å². The number of halogens is 1. The van der Waals surface area contributed by atoms with E-state index in [9.17, 15) is 18.3 Å². The normalized spacial score (nSPS) is 20.7. The second-order valence-corrected chi connectivity index (χ2v) is 8.67. The number of aliphatic hydroxyl groups excluding tert-OH is 1. The number of benzene rings is 1. The lowest BCUT2D eigenvalue weighted by Gasteiger charge is -2.22. The van der Waals surface area contributed by atoms with Crippen LogP contribution in [-0.4, -0.2) is 47.6 Å². The highest BCUT2D eigenvalue weighted by molar-refractivity contribution is 7.89. The first kappa shape index (κ1) is 19.8. The summed E-state index contributed by atoms with van der Waals surface area (Å²) in [5, 5.41) is 14.1. The van der Waals surface area contributed by atoms with Gasteiger partial charge in [-0.05, 0) is 38.1 Å². The van der Waals surface area contributed by atoms with E-state index in [1.807, 2.05) is 0 Å². The van der Waals surface area contributed by atoms with E-state index in [4.69, 9.17) is 20.9 Å². The van der Waals surface area contributed by atoms with Gasteiger partial charge >= 0.3 is 5.97 Å². The Morgan fingerprint density at radius 3 is 2.63 bits per heavy atom. The third-order valence-electron chi connectivity index (χ3n) is 4.47. The van der Waals surface area contributed by atoms with Crippen LogP contribution in [0.15, 0.2) is 33.7 Å². The van der Waals surface area contributed by atoms with E-state index >= 15 is 0 Å². The summed E-state index contributed by atoms with van der Waals surface area (Å²) in [4.78, 5) is 12.5. The zero-order chi connectivity index (χ0) is 19.8. The van der Waals surface area contributed by atoms with Crippen molar-refractivity contribution in [3.8, 4) is 0 Å². The summed E-state index contributed by atoms with van der Waals surface area (Å²) in [6.45, 7) is 3.15. The number of ether oxygens (including phenoxy) is 1. The molecule has 0 amide bonds. The van der Waals surface area contributed by atoms with Crippen molar-refractivity contribution < 1.29 is 27.6 Å². The van der Waals surface area contributed by atoms with Crippen LogP contribution in [0.25, 0.3) is 0 Å². The average molecular weight is 415 g/mol. The number of hydrogen-bond acceptors (Lipinski definition) is 7. The molecule has 0 aliphatic carbocycles. The van der Waals surface area contributed by atoms with Crippen LogP contribution in [0, 0.1) is 13.8 Å². The smallest absolute Gasteiger partial charge is 0.324 e. The first-order valence-electron chi connectivity index (χ1n) is 8.24. The molecule has 3 rings (SSSR count). The van der Waals surface area contributed by atoms with E-state index in [1.165, 1.54) is 24.3 Å². The third-order valence-corrected chi connectivity index (χ3v) is 6.61. The van der Waals surface area contributed by atoms with Crippen LogP contribution in [0.5, 0.6) is 0 Å². The van der Waals surface area contributed by atoms with Gasteiger partial charge in [0.1, 0.15) is 18.4 Å². The van der Waals surface area contributed by atoms with E-state index < -0.39 is 28.1 Å². The molecule has 0 radical (unpaired) electrons. The fourth-order valence-electron chi connectivity index (χ4n) is 2.95. The van der Waals surface area contributed by atoms with Crippen LogP contribution >= 0.6 is 11.6 Å². The maximum Gasteiger partial charge on any atom is 0.324 e. The predicted molar refractivity (Wildman–Crippen MR) is 95.5 cm³/mol. The number of aryl methyl sites for hydroxylation is 2. The third kappa shape index (κ3) is 4.01. The van der Waals surface area contributed by atoms with Crippen molar-refractivity contribution in [3.05, 3.63) is 46.3 Å². The minimum Gasteiger partial charge on any atom is -0.459 e. The number of aliphatic hydroxyl groups is 1. The Labute approximate surface area is 161 Å². The van der Waals surface area contributed by atoms with Crippen molar-refractivity contribution in [2.24, 2.45) is 0 Å². The summed E-state index contributed by atoms with van der Waals surface area (Å²) in [6.07, 6.45) is -0.989. The van der Waals surface area contributed by atoms with Gasteiger partial charge in [-0.2, -0.15) is 4.31 Å². The fraction of sp³-hybridized carbons (Fsp3) is 0.412. The molecular formula is C17H19ClN2O6S. The number of carbonyl (C=O) groups is 1. The Bertz CT molecular complexity index is 921. The zero-order valence-corrected chi connectivity index (χ0v) is 16.3. The minimum absolute atomic E-state index is 0.00970. The maximum atomic E-state index is 12.9. The van der Waals surface area contributed by atoms with Crippen molar-refractivity contribution in [2.75, 3.05) is 6.54 Å². The van der Waals surface area contributed by atoms with Gasteiger partial charge in [0.25, 0.3) is 0 Å². The summed E-state index contributed by atoms with van der Waals surface area (Å²) in [6, 6.07) is 4.50. The number of β-amino-alcohol motifs (C(OH)–C–C–N with tert-alkyl or cyclic N) is 1. The lowest BCUT2D eigenvalue weighted by molar-refractivity contribution is -0.148. The van der Waals surface area contributed by atoms with Crippen LogP contribution < -0.4 is 0 Å². The van der Waals surface area contributed by atoms with Crippen molar-refractivity contribution in [2.45, 2.75) is 43.9 Å². The zero-order valence-electron chi connectivity index (χ0n) is 14.8. The summed E-state index contributed by atoms with van der Waals surface area (Å²) in [7, 11) is -3.99. The van der Waals surface area contributed by atoms with Gasteiger partial charge in [-0.25, -0.2) is 8.42 Å². The molecule has 2 heterocycles. The van der Waals surface area contributed by atoms with Crippen LogP contribution in [0.1, 0.15) is 23.4 Å². The molecule has 2 atom stereocenters. The topological polar surface area (TPSA) is 110 Å². The highest BCUT2D eigenvalue weighted by Crippen LogP contribution is 2.28. The first-order chi connectivity index (χ1) is 12.7. The monoisotopic (exact) mass is 414 g/mol. The number of carbonyl (C=O) groups excluding carboxylic acids is 1. The molecule has 27 heavy (non-hydrogen) atoms. The number of aromatic nitrogens is 1. The van der Waals surface area contributed by atoms with Gasteiger partial charge in [0.05, 0.1) is 22.3 Å². The highest BCUT2D eigenvalue weighted by Gasteiger charge is 2.44. The lowest BCUT2D eigenvalue weighted by atomic mass is 10.2. The van der Waals surface area contributed by atoms with Crippen LogP contribution in [0.3, 0.4) is 0 Å². The molecule has 146 valence electrons. The summed E-state index contributed by atoms with van der Waals surface area (Å²) >= 11 is 5.80. The lowest BCUT2D eigenvalue weighted by Crippen LogP contribution is -2.41. The molecule has 0 bridgehead atoms. The van der Waals surface area contributed by atoms with E-state index in [2.05, 4.69) is 5.16 Å². The number of hydrogen-bond donors (Lipinski definition) is 1. The Morgan fingerprint density at radius 2 is 2.04 bits per heavy atom. The molecule has 2 aromatic rings. The van der Waals surface area contributed by atoms with Crippen LogP contribution in [-0.2, 0) is 26.2 Å². The summed E-state index contributed by atoms with van der Waals surface area (Å²) < 4.78 is 37.0. The molecule has 0 saturated carbocycles. The van der Waals surface area contributed by atoms with Gasteiger partial charge in [0.2, 0.25) is 10.0 Å². The van der Waals surface area contributed by atoms with Gasteiger partial charge in [-0.3, -0.25) is 4.79 Å². The number of sulfonamides is 1. The molecule has 1 saturated heterocycles. The SMILES string of the molecule is Cc1noc(C)c1COC(=O)[C@@H]1C[C@@H](O)CN1S(=O)(=O)c1ccc(Cl)cc1. The van der Waals surface area contributed by atoms with Gasteiger partial charge in [0, 0.05) is 18.0 Å². The Kier molecular flexibility index (Phi) is 5.57. The highest BCUT2D eigenvalue weighted by atomic mass is 35.5. The molecule has 1 aromatic heterocycles. The Hall–Kier alpha value is -1.94. The minimum atomic E-state index is -3.99. The molecule has 1 aliphatic rings. The van der Waals surface area contributed by atoms with Crippen molar-refractivity contribution in [1.82, 2.24) is 9.46 Å². The van der Waals surface area contributed by atoms with Gasteiger partial charge < -0.3 is 14.4 Å². The van der Waals surface area contributed by atoms with Gasteiger partial charge in [-0.1, -0.05) is 16.8 Å². The number of esters is 1. The van der Waals surface area contributed by atoms with E-state index in [0.717, 1.165) is 4.31 Å². The molecule has 1 aromatic carbocycles. The molecule has 1 N–H and O–H groups in total. The second kappa shape index (κ2) is 7.59. The van der Waals surface area contributed by atoms with Gasteiger partial charge in [0.15, 0.2) is 0 Å². The van der Waals surface area contributed by atoms with E-state index in [-0.39, 0.29) is 24.5 Å². The predicted octanol–water partition coefficient (Wildman–Crippen LogP) is 1.81. The molecule has 1 aliphatic heterocycles. The van der Waals surface area contributed by atoms with Crippen molar-refractivity contribution in [3.63, 3.8) is 0 Å². The summed E-state index contributed by atoms with van der Waals surface area (Å²) in [5.41, 5.74) is 1.23. The maximum absolute atomic E-state index is 12.9. The first-order valence-corrected chi connectivity index (χ1v) is 10.1. The Balaban J connectivity index is 1.79. The molecule has 0 spiro atoms. The second-order valence-electron chi connectivity index (χ2n) is 6.34. The molecular weight excluding hydrogens is 396 g/mol. The number of nitrogens with zero attached hydrogens (tertiary/aromatic N) is 2. The quantitative estimate of drug-likeness (QED) is 0.743.